The topological polar surface area (TPSA) is 94.3 Å². The molecule has 0 fully saturated rings. The molecule has 4 rings (SSSR count). The van der Waals surface area contributed by atoms with Crippen LogP contribution in [0, 0.1) is 18.3 Å². The van der Waals surface area contributed by atoms with Crippen molar-refractivity contribution in [1.82, 2.24) is 10.6 Å². The molecule has 0 radical (unpaired) electrons. The second-order valence-electron chi connectivity index (χ2n) is 7.28. The second-order valence-corrected chi connectivity index (χ2v) is 7.28. The number of carbonyl (C=O) groups excluding carboxylic acids is 2. The van der Waals surface area contributed by atoms with Crippen molar-refractivity contribution in [2.45, 2.75) is 13.5 Å². The zero-order chi connectivity index (χ0) is 22.5. The van der Waals surface area contributed by atoms with Crippen LogP contribution in [-0.2, 0) is 11.3 Å². The Bertz CT molecular complexity index is 1300. The Hall–Kier alpha value is -4.50. The minimum absolute atomic E-state index is 0.103. The number of fused-ring (bicyclic) bond motifs is 1. The predicted octanol–water partition coefficient (Wildman–Crippen LogP) is 3.74. The molecule has 32 heavy (non-hydrogen) atoms. The molecule has 2 amide bonds. The highest BCUT2D eigenvalue weighted by molar-refractivity contribution is 6.20. The highest BCUT2D eigenvalue weighted by Gasteiger charge is 2.27. The number of nitrogens with one attached hydrogen (secondary N) is 2. The van der Waals surface area contributed by atoms with E-state index >= 15 is 0 Å². The minimum Gasteiger partial charge on any atom is -0.347 e. The van der Waals surface area contributed by atoms with Crippen molar-refractivity contribution in [3.63, 3.8) is 0 Å². The molecule has 2 N–H and O–H groups in total. The van der Waals surface area contributed by atoms with E-state index in [1.165, 1.54) is 0 Å². The maximum atomic E-state index is 12.8. The van der Waals surface area contributed by atoms with Gasteiger partial charge < -0.3 is 10.6 Å². The number of hydrogen-bond acceptors (Lipinski definition) is 4. The van der Waals surface area contributed by atoms with Crippen LogP contribution in [0.5, 0.6) is 0 Å². The summed E-state index contributed by atoms with van der Waals surface area (Å²) in [5.74, 6) is -0.506. The standard InChI is InChI=1S/C26H20N4O2/c1-17-9-5-6-12-19(17)26(32)30-24-21-14-8-7-13-20(21)23(29-24)22(15-27)25(31)28-16-18-10-3-2-4-11-18/h2-14H,16H2,1H3,(H,28,31)(H,29,30,32)/b23-22-. The number of nitrogens with zero attached hydrogens (tertiary/aromatic N) is 2. The quantitative estimate of drug-likeness (QED) is 0.497. The van der Waals surface area contributed by atoms with Gasteiger partial charge in [-0.15, -0.1) is 0 Å². The van der Waals surface area contributed by atoms with Crippen LogP contribution in [0.15, 0.2) is 89.4 Å². The maximum absolute atomic E-state index is 12.8. The van der Waals surface area contributed by atoms with Gasteiger partial charge in [-0.2, -0.15) is 5.26 Å². The molecular formula is C26H20N4O2. The van der Waals surface area contributed by atoms with E-state index in [2.05, 4.69) is 15.6 Å². The fourth-order valence-corrected chi connectivity index (χ4v) is 3.49. The summed E-state index contributed by atoms with van der Waals surface area (Å²) in [6.45, 7) is 2.15. The van der Waals surface area contributed by atoms with E-state index in [1.54, 1.807) is 30.3 Å². The Morgan fingerprint density at radius 3 is 2.28 bits per heavy atom. The van der Waals surface area contributed by atoms with Crippen molar-refractivity contribution in [3.8, 4) is 6.07 Å². The van der Waals surface area contributed by atoms with Gasteiger partial charge in [-0.3, -0.25) is 9.59 Å². The smallest absolute Gasteiger partial charge is 0.264 e. The van der Waals surface area contributed by atoms with Crippen LogP contribution < -0.4 is 10.6 Å². The van der Waals surface area contributed by atoms with E-state index in [4.69, 9.17) is 0 Å². The lowest BCUT2D eigenvalue weighted by molar-refractivity contribution is -0.117. The van der Waals surface area contributed by atoms with Gasteiger partial charge in [0.2, 0.25) is 0 Å². The highest BCUT2D eigenvalue weighted by atomic mass is 16.2. The van der Waals surface area contributed by atoms with Gasteiger partial charge in [-0.05, 0) is 24.1 Å². The molecule has 0 atom stereocenters. The minimum atomic E-state index is -0.517. The molecule has 0 spiro atoms. The van der Waals surface area contributed by atoms with E-state index in [-0.39, 0.29) is 17.2 Å². The number of carbonyl (C=O) groups is 2. The maximum Gasteiger partial charge on any atom is 0.264 e. The summed E-state index contributed by atoms with van der Waals surface area (Å²) >= 11 is 0. The molecule has 0 saturated heterocycles. The fraction of sp³-hybridized carbons (Fsp3) is 0.0769. The summed E-state index contributed by atoms with van der Waals surface area (Å²) in [5, 5.41) is 15.3. The van der Waals surface area contributed by atoms with Crippen LogP contribution in [0.2, 0.25) is 0 Å². The van der Waals surface area contributed by atoms with Crippen LogP contribution in [0.3, 0.4) is 0 Å². The molecule has 0 bridgehead atoms. The molecule has 156 valence electrons. The Labute approximate surface area is 185 Å². The molecule has 0 aromatic heterocycles. The van der Waals surface area contributed by atoms with E-state index in [0.29, 0.717) is 29.1 Å². The summed E-state index contributed by atoms with van der Waals surface area (Å²) in [6, 6.07) is 25.9. The number of nitriles is 1. The number of benzene rings is 3. The first-order valence-corrected chi connectivity index (χ1v) is 10.1. The first-order valence-electron chi connectivity index (χ1n) is 10.1. The van der Waals surface area contributed by atoms with Crippen LogP contribution in [0.4, 0.5) is 0 Å². The third-order valence-corrected chi connectivity index (χ3v) is 5.15. The van der Waals surface area contributed by atoms with Crippen molar-refractivity contribution >= 4 is 23.3 Å². The number of amidine groups is 1. The van der Waals surface area contributed by atoms with Crippen LogP contribution in [0.25, 0.3) is 5.70 Å². The Morgan fingerprint density at radius 2 is 1.56 bits per heavy atom. The normalized spacial score (nSPS) is 13.4. The van der Waals surface area contributed by atoms with Crippen LogP contribution >= 0.6 is 0 Å². The molecule has 0 aliphatic carbocycles. The molecule has 0 unspecified atom stereocenters. The molecule has 1 aliphatic heterocycles. The summed E-state index contributed by atoms with van der Waals surface area (Å²) in [6.07, 6.45) is 0. The summed E-state index contributed by atoms with van der Waals surface area (Å²) in [7, 11) is 0. The lowest BCUT2D eigenvalue weighted by Gasteiger charge is -2.08. The van der Waals surface area contributed by atoms with E-state index in [0.717, 1.165) is 11.1 Å². The first-order chi connectivity index (χ1) is 15.6. The van der Waals surface area contributed by atoms with Crippen molar-refractivity contribution in [1.29, 1.82) is 5.26 Å². The van der Waals surface area contributed by atoms with Gasteiger partial charge in [0.05, 0.1) is 5.70 Å². The fourth-order valence-electron chi connectivity index (χ4n) is 3.49. The average molecular weight is 420 g/mol. The first kappa shape index (κ1) is 20.8. The molecule has 1 aliphatic rings. The van der Waals surface area contributed by atoms with Crippen molar-refractivity contribution in [2.24, 2.45) is 4.99 Å². The van der Waals surface area contributed by atoms with Gasteiger partial charge >= 0.3 is 0 Å². The SMILES string of the molecule is Cc1ccccc1C(=O)NC1=N/C(=C(/C#N)C(=O)NCc2ccccc2)c2ccccc21. The lowest BCUT2D eigenvalue weighted by atomic mass is 10.0. The van der Waals surface area contributed by atoms with Crippen LogP contribution in [0.1, 0.15) is 32.6 Å². The average Bonchev–Trinajstić information content (AvgIpc) is 3.17. The second kappa shape index (κ2) is 9.11. The van der Waals surface area contributed by atoms with Gasteiger partial charge in [-0.25, -0.2) is 4.99 Å². The summed E-state index contributed by atoms with van der Waals surface area (Å²) in [5.41, 5.74) is 3.72. The van der Waals surface area contributed by atoms with Gasteiger partial charge in [0.25, 0.3) is 11.8 Å². The monoisotopic (exact) mass is 420 g/mol. The van der Waals surface area contributed by atoms with Crippen LogP contribution in [-0.4, -0.2) is 17.6 Å². The number of rotatable bonds is 4. The van der Waals surface area contributed by atoms with Gasteiger partial charge in [-0.1, -0.05) is 72.8 Å². The Morgan fingerprint density at radius 1 is 0.906 bits per heavy atom. The van der Waals surface area contributed by atoms with E-state index in [9.17, 15) is 14.9 Å². The number of hydrogen-bond donors (Lipinski definition) is 2. The zero-order valence-corrected chi connectivity index (χ0v) is 17.4. The van der Waals surface area contributed by atoms with Crippen molar-refractivity contribution in [3.05, 3.63) is 112 Å². The van der Waals surface area contributed by atoms with E-state index in [1.807, 2.05) is 61.5 Å². The Balaban J connectivity index is 1.65. The number of aliphatic imine (C=N–C) groups is 1. The largest absolute Gasteiger partial charge is 0.347 e. The number of aryl methyl sites for hydroxylation is 1. The molecule has 3 aromatic rings. The number of amides is 2. The highest BCUT2D eigenvalue weighted by Crippen LogP contribution is 2.30. The Kier molecular flexibility index (Phi) is 5.91. The van der Waals surface area contributed by atoms with E-state index < -0.39 is 5.91 Å². The van der Waals surface area contributed by atoms with Gasteiger partial charge in [0.15, 0.2) is 0 Å². The van der Waals surface area contributed by atoms with Crippen molar-refractivity contribution < 1.29 is 9.59 Å². The zero-order valence-electron chi connectivity index (χ0n) is 17.4. The van der Waals surface area contributed by atoms with Gasteiger partial charge in [0, 0.05) is 23.2 Å². The third kappa shape index (κ3) is 4.18. The molecule has 0 saturated carbocycles. The summed E-state index contributed by atoms with van der Waals surface area (Å²) < 4.78 is 0. The molecular weight excluding hydrogens is 400 g/mol. The summed E-state index contributed by atoms with van der Waals surface area (Å²) in [4.78, 5) is 30.1. The molecule has 3 aromatic carbocycles. The molecule has 6 nitrogen and oxygen atoms in total. The third-order valence-electron chi connectivity index (χ3n) is 5.15. The molecule has 1 heterocycles. The van der Waals surface area contributed by atoms with Gasteiger partial charge in [0.1, 0.15) is 17.5 Å². The van der Waals surface area contributed by atoms with Crippen molar-refractivity contribution in [2.75, 3.05) is 0 Å². The predicted molar refractivity (Wildman–Crippen MR) is 122 cm³/mol. The lowest BCUT2D eigenvalue weighted by Crippen LogP contribution is -2.30. The molecule has 6 heteroatoms.